The molecule has 0 aromatic heterocycles. The Morgan fingerprint density at radius 3 is 2.46 bits per heavy atom. The lowest BCUT2D eigenvalue weighted by molar-refractivity contribution is -0.146. The molecule has 0 aromatic carbocycles. The lowest BCUT2D eigenvalue weighted by Crippen LogP contribution is -2.18. The van der Waals surface area contributed by atoms with Crippen molar-refractivity contribution >= 4 is 11.8 Å². The van der Waals surface area contributed by atoms with Gasteiger partial charge in [0, 0.05) is 14.2 Å². The summed E-state index contributed by atoms with van der Waals surface area (Å²) in [6.45, 7) is 0. The predicted octanol–water partition coefficient (Wildman–Crippen LogP) is 1.70. The first-order valence-electron chi connectivity index (χ1n) is 5.18. The third-order valence-corrected chi connectivity index (χ3v) is 2.34. The molecule has 1 aliphatic carbocycles. The van der Waals surface area contributed by atoms with Crippen LogP contribution in [0.3, 0.4) is 0 Å². The average molecular weight is 185 g/mol. The molecule has 0 radical (unpaired) electrons. The second-order valence-electron chi connectivity index (χ2n) is 3.34. The van der Waals surface area contributed by atoms with Crippen LogP contribution < -0.4 is 0 Å². The molecule has 0 aromatic rings. The number of ketones is 1. The van der Waals surface area contributed by atoms with Gasteiger partial charge in [-0.15, -0.1) is 0 Å². The molecule has 0 aliphatic heterocycles. The second-order valence-corrected chi connectivity index (χ2v) is 3.34. The third-order valence-electron chi connectivity index (χ3n) is 2.34. The molecule has 1 rings (SSSR count). The minimum Gasteiger partial charge on any atom is -0.469 e. The number of hydrogen-bond acceptors (Lipinski definition) is 3. The summed E-state index contributed by atoms with van der Waals surface area (Å²) in [5, 5.41) is 0. The zero-order valence-corrected chi connectivity index (χ0v) is 7.97. The van der Waals surface area contributed by atoms with Crippen LogP contribution in [-0.2, 0) is 14.3 Å². The van der Waals surface area contributed by atoms with Crippen LogP contribution in [0.4, 0.5) is 0 Å². The first-order valence-corrected chi connectivity index (χ1v) is 4.68. The maximum absolute atomic E-state index is 11.3. The zero-order valence-electron chi connectivity index (χ0n) is 8.97. The molecule has 74 valence electrons. The van der Waals surface area contributed by atoms with Gasteiger partial charge in [0.1, 0.15) is 5.78 Å². The Morgan fingerprint density at radius 2 is 2.00 bits per heavy atom. The van der Waals surface area contributed by atoms with Crippen LogP contribution in [0.15, 0.2) is 0 Å². The van der Waals surface area contributed by atoms with Gasteiger partial charge >= 0.3 is 5.97 Å². The Labute approximate surface area is 79.9 Å². The Bertz CT molecular complexity index is 226. The number of methoxy groups -OCH3 is 1. The van der Waals surface area contributed by atoms with E-state index in [9.17, 15) is 9.59 Å². The monoisotopic (exact) mass is 185 g/mol. The van der Waals surface area contributed by atoms with Crippen LogP contribution in [0.2, 0.25) is 0 Å². The van der Waals surface area contributed by atoms with Crippen molar-refractivity contribution in [2.75, 3.05) is 7.11 Å². The highest BCUT2D eigenvalue weighted by Crippen LogP contribution is 2.21. The lowest BCUT2D eigenvalue weighted by Gasteiger charge is -2.16. The van der Waals surface area contributed by atoms with E-state index in [-0.39, 0.29) is 5.78 Å². The predicted molar refractivity (Wildman–Crippen MR) is 48.2 cm³/mol. The summed E-state index contributed by atoms with van der Waals surface area (Å²) in [4.78, 5) is 22.4. The number of hydrogen-bond donors (Lipinski definition) is 0. The molecule has 0 N–H and O–H groups in total. The van der Waals surface area contributed by atoms with E-state index in [2.05, 4.69) is 4.74 Å². The molecular formula is C10H16O3. The quantitative estimate of drug-likeness (QED) is 0.584. The molecule has 0 heterocycles. The molecule has 0 bridgehead atoms. The summed E-state index contributed by atoms with van der Waals surface area (Å²) in [6, 6.07) is 0. The standard InChI is InChI=1S/C10H16O3/c1-13-10(12)8-4-2-6-9(11)7-3-5-8/h8H,2-7H2,1H3/i8D. The van der Waals surface area contributed by atoms with Gasteiger partial charge in [0.15, 0.2) is 0 Å². The minimum absolute atomic E-state index is 0.247. The van der Waals surface area contributed by atoms with E-state index in [4.69, 9.17) is 1.37 Å². The molecule has 0 atom stereocenters. The topological polar surface area (TPSA) is 43.4 Å². The molecule has 1 saturated carbocycles. The zero-order chi connectivity index (χ0) is 10.6. The smallest absolute Gasteiger partial charge is 0.308 e. The molecule has 3 nitrogen and oxygen atoms in total. The van der Waals surface area contributed by atoms with Crippen molar-refractivity contribution in [3.05, 3.63) is 0 Å². The van der Waals surface area contributed by atoms with Gasteiger partial charge in [0.05, 0.1) is 13.0 Å². The molecule has 0 amide bonds. The largest absolute Gasteiger partial charge is 0.469 e. The van der Waals surface area contributed by atoms with Gasteiger partial charge in [-0.3, -0.25) is 9.59 Å². The Morgan fingerprint density at radius 1 is 1.46 bits per heavy atom. The fourth-order valence-electron chi connectivity index (χ4n) is 1.60. The molecule has 0 unspecified atom stereocenters. The number of esters is 1. The summed E-state index contributed by atoms with van der Waals surface area (Å²) < 4.78 is 12.5. The van der Waals surface area contributed by atoms with Crippen LogP contribution >= 0.6 is 0 Å². The van der Waals surface area contributed by atoms with Crippen LogP contribution in [0.5, 0.6) is 0 Å². The fourth-order valence-corrected chi connectivity index (χ4v) is 1.60. The Kier molecular flexibility index (Phi) is 3.35. The van der Waals surface area contributed by atoms with Crippen molar-refractivity contribution in [2.45, 2.75) is 38.5 Å². The number of Topliss-reactive ketones (excluding diaryl/α,β-unsaturated/α-hetero) is 1. The van der Waals surface area contributed by atoms with E-state index in [1.54, 1.807) is 0 Å². The first kappa shape index (κ1) is 8.73. The van der Waals surface area contributed by atoms with Gasteiger partial charge in [-0.25, -0.2) is 0 Å². The van der Waals surface area contributed by atoms with Gasteiger partial charge in [0.2, 0.25) is 0 Å². The van der Waals surface area contributed by atoms with Gasteiger partial charge < -0.3 is 4.74 Å². The first-order chi connectivity index (χ1) is 6.58. The average Bonchev–Trinajstić information content (AvgIpc) is 2.14. The van der Waals surface area contributed by atoms with Crippen molar-refractivity contribution in [3.8, 4) is 0 Å². The summed E-state index contributed by atoms with van der Waals surface area (Å²) >= 11 is 0. The normalized spacial score (nSPS) is 24.1. The summed E-state index contributed by atoms with van der Waals surface area (Å²) in [6.07, 6.45) is 3.11. The van der Waals surface area contributed by atoms with E-state index in [1.165, 1.54) is 7.11 Å². The van der Waals surface area contributed by atoms with Crippen LogP contribution in [0, 0.1) is 5.89 Å². The summed E-state index contributed by atoms with van der Waals surface area (Å²) in [7, 11) is 1.31. The maximum Gasteiger partial charge on any atom is 0.308 e. The highest BCUT2D eigenvalue weighted by molar-refractivity contribution is 5.79. The Hall–Kier alpha value is -0.860. The van der Waals surface area contributed by atoms with Gasteiger partial charge in [-0.05, 0) is 25.7 Å². The molecule has 0 spiro atoms. The maximum atomic E-state index is 11.3. The van der Waals surface area contributed by atoms with E-state index in [0.717, 1.165) is 0 Å². The van der Waals surface area contributed by atoms with Gasteiger partial charge in [-0.2, -0.15) is 0 Å². The molecule has 1 aliphatic rings. The van der Waals surface area contributed by atoms with Crippen molar-refractivity contribution in [2.24, 2.45) is 5.89 Å². The molecule has 3 heteroatoms. The Balaban J connectivity index is 2.61. The van der Waals surface area contributed by atoms with Crippen molar-refractivity contribution in [3.63, 3.8) is 0 Å². The highest BCUT2D eigenvalue weighted by Gasteiger charge is 2.21. The van der Waals surface area contributed by atoms with Crippen LogP contribution in [0.25, 0.3) is 0 Å². The third kappa shape index (κ3) is 3.17. The van der Waals surface area contributed by atoms with Crippen molar-refractivity contribution in [1.29, 1.82) is 0 Å². The van der Waals surface area contributed by atoms with E-state index in [1.807, 2.05) is 0 Å². The van der Waals surface area contributed by atoms with Gasteiger partial charge in [0.25, 0.3) is 0 Å². The lowest BCUT2D eigenvalue weighted by atomic mass is 9.91. The molecule has 0 saturated heterocycles. The van der Waals surface area contributed by atoms with E-state index >= 15 is 0 Å². The van der Waals surface area contributed by atoms with Crippen molar-refractivity contribution in [1.82, 2.24) is 0 Å². The number of ether oxygens (including phenoxy) is 1. The molecule has 13 heavy (non-hydrogen) atoms. The van der Waals surface area contributed by atoms with Crippen LogP contribution in [0.1, 0.15) is 39.9 Å². The fraction of sp³-hybridized carbons (Fsp3) is 0.800. The number of carbonyl (C=O) groups is 2. The van der Waals surface area contributed by atoms with Crippen LogP contribution in [-0.4, -0.2) is 18.9 Å². The summed E-state index contributed by atoms with van der Waals surface area (Å²) in [5.74, 6) is -1.33. The summed E-state index contributed by atoms with van der Waals surface area (Å²) in [5.41, 5.74) is 0. The van der Waals surface area contributed by atoms with E-state index in [0.29, 0.717) is 38.5 Å². The SMILES string of the molecule is [2H]C1(C(=O)OC)CCCC(=O)CCC1. The molecular weight excluding hydrogens is 168 g/mol. The number of rotatable bonds is 1. The minimum atomic E-state index is -1.12. The second kappa shape index (κ2) is 5.00. The highest BCUT2D eigenvalue weighted by atomic mass is 16.5. The number of carbonyl (C=O) groups excluding carboxylic acids is 2. The van der Waals surface area contributed by atoms with E-state index < -0.39 is 11.9 Å². The van der Waals surface area contributed by atoms with Gasteiger partial charge in [-0.1, -0.05) is 0 Å². The molecule has 1 fully saturated rings. The van der Waals surface area contributed by atoms with Crippen molar-refractivity contribution < 1.29 is 15.7 Å².